The highest BCUT2D eigenvalue weighted by Crippen LogP contribution is 2.66. The van der Waals surface area contributed by atoms with Gasteiger partial charge in [0, 0.05) is 5.56 Å². The molecule has 1 heteroatoms. The highest BCUT2D eigenvalue weighted by atomic mass is 16.5. The molecule has 3 fully saturated rings. The van der Waals surface area contributed by atoms with Crippen molar-refractivity contribution in [2.24, 2.45) is 5.92 Å². The van der Waals surface area contributed by atoms with Gasteiger partial charge in [-0.1, -0.05) is 25.1 Å². The first-order chi connectivity index (χ1) is 7.34. The largest absolute Gasteiger partial charge is 0.493 e. The number of hydrogen-bond donors (Lipinski definition) is 0. The topological polar surface area (TPSA) is 9.23 Å². The second kappa shape index (κ2) is 3.26. The molecule has 80 valence electrons. The maximum absolute atomic E-state index is 5.83. The van der Waals surface area contributed by atoms with Gasteiger partial charge in [0.2, 0.25) is 0 Å². The summed E-state index contributed by atoms with van der Waals surface area (Å²) in [5, 5.41) is 0. The van der Waals surface area contributed by atoms with Crippen LogP contribution in [0.4, 0.5) is 0 Å². The minimum Gasteiger partial charge on any atom is -0.493 e. The van der Waals surface area contributed by atoms with Crippen LogP contribution in [0, 0.1) is 5.92 Å². The van der Waals surface area contributed by atoms with Crippen LogP contribution in [0.15, 0.2) is 24.3 Å². The quantitative estimate of drug-likeness (QED) is 0.725. The Labute approximate surface area is 91.5 Å². The molecule has 0 aromatic heterocycles. The van der Waals surface area contributed by atoms with Gasteiger partial charge in [-0.3, -0.25) is 0 Å². The molecule has 0 saturated heterocycles. The molecule has 0 heterocycles. The van der Waals surface area contributed by atoms with Crippen molar-refractivity contribution in [1.29, 1.82) is 0 Å². The first kappa shape index (κ1) is 9.26. The van der Waals surface area contributed by atoms with E-state index in [1.54, 1.807) is 0 Å². The fourth-order valence-corrected chi connectivity index (χ4v) is 3.05. The fraction of sp³-hybridized carbons (Fsp3) is 0.571. The second-order valence-electron chi connectivity index (χ2n) is 5.10. The minimum absolute atomic E-state index is 0.523. The van der Waals surface area contributed by atoms with Crippen molar-refractivity contribution in [1.82, 2.24) is 0 Å². The molecule has 15 heavy (non-hydrogen) atoms. The zero-order valence-corrected chi connectivity index (χ0v) is 9.33. The first-order valence-electron chi connectivity index (χ1n) is 6.06. The van der Waals surface area contributed by atoms with Crippen LogP contribution in [0.1, 0.15) is 38.2 Å². The smallest absolute Gasteiger partial charge is 0.123 e. The molecule has 1 nitrogen and oxygen atoms in total. The second-order valence-corrected chi connectivity index (χ2v) is 5.10. The van der Waals surface area contributed by atoms with Gasteiger partial charge in [-0.05, 0) is 43.1 Å². The Morgan fingerprint density at radius 1 is 1.27 bits per heavy atom. The van der Waals surface area contributed by atoms with Crippen molar-refractivity contribution < 1.29 is 4.74 Å². The molecular weight excluding hydrogens is 184 g/mol. The van der Waals surface area contributed by atoms with Gasteiger partial charge in [0.15, 0.2) is 0 Å². The molecule has 0 N–H and O–H groups in total. The van der Waals surface area contributed by atoms with E-state index in [0.29, 0.717) is 5.41 Å². The Bertz CT molecular complexity index is 352. The van der Waals surface area contributed by atoms with Crippen LogP contribution in [-0.2, 0) is 5.41 Å². The Kier molecular flexibility index (Phi) is 2.01. The molecule has 3 aliphatic carbocycles. The Balaban J connectivity index is 1.85. The fourth-order valence-electron chi connectivity index (χ4n) is 3.05. The Morgan fingerprint density at radius 2 is 2.00 bits per heavy atom. The van der Waals surface area contributed by atoms with Crippen molar-refractivity contribution >= 4 is 0 Å². The van der Waals surface area contributed by atoms with Gasteiger partial charge in [0.05, 0.1) is 6.61 Å². The summed E-state index contributed by atoms with van der Waals surface area (Å²) in [5.41, 5.74) is 2.00. The van der Waals surface area contributed by atoms with Crippen LogP contribution in [0.25, 0.3) is 0 Å². The molecular formula is C14H18O. The van der Waals surface area contributed by atoms with E-state index in [-0.39, 0.29) is 0 Å². The summed E-state index contributed by atoms with van der Waals surface area (Å²) in [6, 6.07) is 8.63. The van der Waals surface area contributed by atoms with E-state index >= 15 is 0 Å². The standard InChI is InChI=1S/C14H18O/c1-2-7-15-13-6-4-3-5-12(13)14-8-11(9-14)10-14/h3-6,11H,2,7-10H2,1H3. The van der Waals surface area contributed by atoms with Crippen molar-refractivity contribution in [2.45, 2.75) is 38.0 Å². The van der Waals surface area contributed by atoms with Crippen molar-refractivity contribution in [2.75, 3.05) is 6.61 Å². The van der Waals surface area contributed by atoms with Crippen LogP contribution < -0.4 is 4.74 Å². The van der Waals surface area contributed by atoms with Crippen LogP contribution in [-0.4, -0.2) is 6.61 Å². The van der Waals surface area contributed by atoms with Gasteiger partial charge in [0.25, 0.3) is 0 Å². The summed E-state index contributed by atoms with van der Waals surface area (Å²) in [7, 11) is 0. The molecule has 1 aromatic rings. The molecule has 3 saturated carbocycles. The highest BCUT2D eigenvalue weighted by molar-refractivity contribution is 5.45. The molecule has 0 radical (unpaired) electrons. The van der Waals surface area contributed by atoms with Crippen molar-refractivity contribution in [3.63, 3.8) is 0 Å². The number of rotatable bonds is 4. The van der Waals surface area contributed by atoms with E-state index < -0.39 is 0 Å². The SMILES string of the molecule is CCCOc1ccccc1C12CC(C1)C2. The summed E-state index contributed by atoms with van der Waals surface area (Å²) in [6.45, 7) is 3.00. The van der Waals surface area contributed by atoms with Gasteiger partial charge < -0.3 is 4.74 Å². The summed E-state index contributed by atoms with van der Waals surface area (Å²) >= 11 is 0. The van der Waals surface area contributed by atoms with Crippen molar-refractivity contribution in [3.05, 3.63) is 29.8 Å². The lowest BCUT2D eigenvalue weighted by atomic mass is 9.42. The third-order valence-electron chi connectivity index (χ3n) is 3.96. The molecule has 0 aliphatic heterocycles. The van der Waals surface area contributed by atoms with Crippen molar-refractivity contribution in [3.8, 4) is 5.75 Å². The summed E-state index contributed by atoms with van der Waals surface area (Å²) in [5.74, 6) is 2.17. The lowest BCUT2D eigenvalue weighted by Crippen LogP contribution is -2.55. The van der Waals surface area contributed by atoms with Gasteiger partial charge in [-0.2, -0.15) is 0 Å². The lowest BCUT2D eigenvalue weighted by molar-refractivity contribution is -0.0293. The first-order valence-corrected chi connectivity index (χ1v) is 6.06. The van der Waals surface area contributed by atoms with E-state index in [0.717, 1.165) is 24.7 Å². The number of benzene rings is 1. The third kappa shape index (κ3) is 1.29. The van der Waals surface area contributed by atoms with E-state index in [9.17, 15) is 0 Å². The Morgan fingerprint density at radius 3 is 2.60 bits per heavy atom. The van der Waals surface area contributed by atoms with Gasteiger partial charge >= 0.3 is 0 Å². The van der Waals surface area contributed by atoms with E-state index in [1.807, 2.05) is 0 Å². The van der Waals surface area contributed by atoms with Gasteiger partial charge in [-0.25, -0.2) is 0 Å². The average Bonchev–Trinajstić information content (AvgIpc) is 2.12. The average molecular weight is 202 g/mol. The minimum atomic E-state index is 0.523. The van der Waals surface area contributed by atoms with Crippen LogP contribution in [0.3, 0.4) is 0 Å². The Hall–Kier alpha value is -0.980. The normalized spacial score (nSPS) is 31.7. The molecule has 2 bridgehead atoms. The summed E-state index contributed by atoms with van der Waals surface area (Å²) < 4.78 is 5.83. The van der Waals surface area contributed by atoms with Crippen LogP contribution in [0.2, 0.25) is 0 Å². The third-order valence-corrected chi connectivity index (χ3v) is 3.96. The van der Waals surface area contributed by atoms with Crippen LogP contribution >= 0.6 is 0 Å². The molecule has 0 spiro atoms. The van der Waals surface area contributed by atoms with Gasteiger partial charge in [0.1, 0.15) is 5.75 Å². The predicted molar refractivity (Wildman–Crippen MR) is 61.2 cm³/mol. The molecule has 4 rings (SSSR count). The lowest BCUT2D eigenvalue weighted by Gasteiger charge is -2.62. The van der Waals surface area contributed by atoms with E-state index in [1.165, 1.54) is 24.8 Å². The molecule has 0 amide bonds. The zero-order valence-electron chi connectivity index (χ0n) is 9.33. The maximum atomic E-state index is 5.83. The zero-order chi connectivity index (χ0) is 10.3. The number of ether oxygens (including phenoxy) is 1. The predicted octanol–water partition coefficient (Wildman–Crippen LogP) is 3.53. The summed E-state index contributed by atoms with van der Waals surface area (Å²) in [4.78, 5) is 0. The number of hydrogen-bond acceptors (Lipinski definition) is 1. The molecule has 0 unspecified atom stereocenters. The monoisotopic (exact) mass is 202 g/mol. The van der Waals surface area contributed by atoms with Gasteiger partial charge in [-0.15, -0.1) is 0 Å². The van der Waals surface area contributed by atoms with E-state index in [4.69, 9.17) is 4.74 Å². The molecule has 3 aliphatic rings. The number of para-hydroxylation sites is 1. The van der Waals surface area contributed by atoms with Crippen LogP contribution in [0.5, 0.6) is 5.75 Å². The van der Waals surface area contributed by atoms with E-state index in [2.05, 4.69) is 31.2 Å². The maximum Gasteiger partial charge on any atom is 0.123 e. The highest BCUT2D eigenvalue weighted by Gasteiger charge is 2.58. The summed E-state index contributed by atoms with van der Waals surface area (Å²) in [6.07, 6.45) is 5.29. The molecule has 1 aromatic carbocycles. The molecule has 0 atom stereocenters.